The largest absolute Gasteiger partial charge is 0.493 e. The summed E-state index contributed by atoms with van der Waals surface area (Å²) in [6, 6.07) is 9.83. The topological polar surface area (TPSA) is 63.8 Å². The molecule has 1 aromatic carbocycles. The summed E-state index contributed by atoms with van der Waals surface area (Å²) in [5.41, 5.74) is -0.512. The zero-order valence-corrected chi connectivity index (χ0v) is 15.2. The minimum absolute atomic E-state index is 0.0536. The Balaban J connectivity index is 1.40. The number of rotatable bonds is 6. The molecule has 1 spiro atoms. The van der Waals surface area contributed by atoms with E-state index in [2.05, 4.69) is 13.8 Å². The molecule has 0 aromatic heterocycles. The second kappa shape index (κ2) is 6.23. The maximum atomic E-state index is 10.6. The summed E-state index contributed by atoms with van der Waals surface area (Å²) in [5.74, 6) is 1.10. The lowest BCUT2D eigenvalue weighted by Gasteiger charge is -2.44. The number of epoxide rings is 2. The van der Waals surface area contributed by atoms with Crippen LogP contribution in [0.4, 0.5) is 0 Å². The summed E-state index contributed by atoms with van der Waals surface area (Å²) in [6.07, 6.45) is 1.06. The molecule has 7 atom stereocenters. The lowest BCUT2D eigenvalue weighted by atomic mass is 9.65. The maximum Gasteiger partial charge on any atom is 0.119 e. The molecule has 3 aliphatic rings. The molecule has 2 saturated heterocycles. The van der Waals surface area contributed by atoms with Crippen LogP contribution < -0.4 is 4.74 Å². The Morgan fingerprint density at radius 3 is 2.64 bits per heavy atom. The molecule has 0 radical (unpaired) electrons. The van der Waals surface area contributed by atoms with Gasteiger partial charge in [-0.2, -0.15) is 0 Å². The number of ether oxygens (including phenoxy) is 4. The average molecular weight is 348 g/mol. The molecule has 5 nitrogen and oxygen atoms in total. The zero-order chi connectivity index (χ0) is 17.7. The quantitative estimate of drug-likeness (QED) is 0.800. The highest BCUT2D eigenvalue weighted by atomic mass is 16.6. The smallest absolute Gasteiger partial charge is 0.119 e. The van der Waals surface area contributed by atoms with Crippen LogP contribution >= 0.6 is 0 Å². The fraction of sp³-hybridized carbons (Fsp3) is 0.700. The summed E-state index contributed by atoms with van der Waals surface area (Å²) in [5, 5.41) is 10.6. The van der Waals surface area contributed by atoms with Gasteiger partial charge < -0.3 is 24.1 Å². The molecule has 4 rings (SSSR count). The molecule has 3 fully saturated rings. The van der Waals surface area contributed by atoms with Crippen LogP contribution in [0, 0.1) is 11.8 Å². The van der Waals surface area contributed by atoms with Crippen molar-refractivity contribution in [2.45, 2.75) is 56.2 Å². The van der Waals surface area contributed by atoms with Gasteiger partial charge in [0.2, 0.25) is 0 Å². The van der Waals surface area contributed by atoms with Gasteiger partial charge in [0.1, 0.15) is 17.0 Å². The number of para-hydroxylation sites is 1. The van der Waals surface area contributed by atoms with Crippen LogP contribution in [0.2, 0.25) is 0 Å². The van der Waals surface area contributed by atoms with Gasteiger partial charge in [0.25, 0.3) is 0 Å². The molecular formula is C20H28O5. The van der Waals surface area contributed by atoms with Gasteiger partial charge >= 0.3 is 0 Å². The Kier molecular flexibility index (Phi) is 4.31. The number of aliphatic hydroxyl groups is 1. The minimum atomic E-state index is -0.480. The van der Waals surface area contributed by atoms with Crippen molar-refractivity contribution in [1.29, 1.82) is 0 Å². The van der Waals surface area contributed by atoms with Gasteiger partial charge in [-0.3, -0.25) is 0 Å². The normalized spacial score (nSPS) is 45.4. The molecule has 5 heteroatoms. The monoisotopic (exact) mass is 348 g/mol. The third-order valence-corrected chi connectivity index (χ3v) is 6.26. The molecule has 138 valence electrons. The molecule has 2 heterocycles. The van der Waals surface area contributed by atoms with E-state index in [1.165, 1.54) is 0 Å². The van der Waals surface area contributed by atoms with E-state index in [0.29, 0.717) is 6.61 Å². The lowest BCUT2D eigenvalue weighted by molar-refractivity contribution is -0.137. The number of aliphatic hydroxyl groups excluding tert-OH is 1. The first-order valence-corrected chi connectivity index (χ1v) is 9.21. The SMILES string of the molecule is CO[C@@H]1[C@H](O)[C@@H](C)C[C@]2(CO2)[C@H]1[C@@]1(C)O[C@@H]1CCOc1ccccc1. The summed E-state index contributed by atoms with van der Waals surface area (Å²) >= 11 is 0. The van der Waals surface area contributed by atoms with Gasteiger partial charge in [0, 0.05) is 13.5 Å². The fourth-order valence-corrected chi connectivity index (χ4v) is 4.82. The predicted octanol–water partition coefficient (Wildman–Crippen LogP) is 2.41. The maximum absolute atomic E-state index is 10.6. The van der Waals surface area contributed by atoms with Crippen LogP contribution in [0.15, 0.2) is 30.3 Å². The second-order valence-electron chi connectivity index (χ2n) is 7.94. The van der Waals surface area contributed by atoms with Crippen molar-refractivity contribution in [3.8, 4) is 5.75 Å². The van der Waals surface area contributed by atoms with E-state index in [4.69, 9.17) is 18.9 Å². The molecule has 0 amide bonds. The molecular weight excluding hydrogens is 320 g/mol. The summed E-state index contributed by atoms with van der Waals surface area (Å²) in [6.45, 7) is 5.54. The van der Waals surface area contributed by atoms with Gasteiger partial charge in [-0.25, -0.2) is 0 Å². The van der Waals surface area contributed by atoms with Gasteiger partial charge in [0.15, 0.2) is 0 Å². The van der Waals surface area contributed by atoms with Crippen LogP contribution in [0.3, 0.4) is 0 Å². The number of hydrogen-bond acceptors (Lipinski definition) is 5. The molecule has 0 unspecified atom stereocenters. The van der Waals surface area contributed by atoms with Crippen molar-refractivity contribution < 1.29 is 24.1 Å². The van der Waals surface area contributed by atoms with E-state index < -0.39 is 6.10 Å². The first-order chi connectivity index (χ1) is 12.0. The second-order valence-corrected chi connectivity index (χ2v) is 7.94. The van der Waals surface area contributed by atoms with Crippen LogP contribution in [0.25, 0.3) is 0 Å². The Bertz CT molecular complexity index is 601. The van der Waals surface area contributed by atoms with Gasteiger partial charge in [-0.05, 0) is 31.4 Å². The average Bonchev–Trinajstić information content (AvgIpc) is 3.51. The standard InChI is InChI=1S/C20H28O5/c1-13-11-20(12-24-20)18(17(22-3)16(13)21)19(2)15(25-19)9-10-23-14-7-5-4-6-8-14/h4-8,13,15-18,21H,9-12H2,1-3H3/t13-,15+,16+,17+,18+,19-,20-/m0/s1. The third kappa shape index (κ3) is 2.97. The van der Waals surface area contributed by atoms with E-state index in [1.807, 2.05) is 30.3 Å². The Hall–Kier alpha value is -1.14. The van der Waals surface area contributed by atoms with Crippen LogP contribution in [0.5, 0.6) is 5.75 Å². The summed E-state index contributed by atoms with van der Waals surface area (Å²) in [7, 11) is 1.67. The molecule has 1 N–H and O–H groups in total. The van der Waals surface area contributed by atoms with E-state index in [9.17, 15) is 5.11 Å². The van der Waals surface area contributed by atoms with Crippen molar-refractivity contribution in [3.05, 3.63) is 30.3 Å². The Morgan fingerprint density at radius 1 is 1.28 bits per heavy atom. The van der Waals surface area contributed by atoms with Crippen molar-refractivity contribution in [2.24, 2.45) is 11.8 Å². The first-order valence-electron chi connectivity index (χ1n) is 9.21. The highest BCUT2D eigenvalue weighted by Gasteiger charge is 2.72. The van der Waals surface area contributed by atoms with Crippen LogP contribution in [-0.4, -0.2) is 54.9 Å². The van der Waals surface area contributed by atoms with E-state index in [1.54, 1.807) is 7.11 Å². The molecule has 1 aliphatic carbocycles. The molecule has 1 saturated carbocycles. The van der Waals surface area contributed by atoms with Crippen molar-refractivity contribution in [2.75, 3.05) is 20.3 Å². The van der Waals surface area contributed by atoms with Crippen molar-refractivity contribution >= 4 is 0 Å². The van der Waals surface area contributed by atoms with Gasteiger partial charge in [-0.1, -0.05) is 25.1 Å². The van der Waals surface area contributed by atoms with Crippen LogP contribution in [-0.2, 0) is 14.2 Å². The molecule has 2 aliphatic heterocycles. The highest BCUT2D eigenvalue weighted by Crippen LogP contribution is 2.60. The minimum Gasteiger partial charge on any atom is -0.493 e. The number of methoxy groups -OCH3 is 1. The van der Waals surface area contributed by atoms with E-state index in [0.717, 1.165) is 25.2 Å². The Morgan fingerprint density at radius 2 is 2.00 bits per heavy atom. The molecule has 25 heavy (non-hydrogen) atoms. The lowest BCUT2D eigenvalue weighted by Crippen LogP contribution is -2.57. The fourth-order valence-electron chi connectivity index (χ4n) is 4.82. The van der Waals surface area contributed by atoms with Crippen molar-refractivity contribution in [1.82, 2.24) is 0 Å². The van der Waals surface area contributed by atoms with Gasteiger partial charge in [-0.15, -0.1) is 0 Å². The molecule has 0 bridgehead atoms. The van der Waals surface area contributed by atoms with E-state index in [-0.39, 0.29) is 35.2 Å². The van der Waals surface area contributed by atoms with Crippen molar-refractivity contribution in [3.63, 3.8) is 0 Å². The zero-order valence-electron chi connectivity index (χ0n) is 15.2. The number of hydrogen-bond donors (Lipinski definition) is 1. The van der Waals surface area contributed by atoms with Crippen LogP contribution in [0.1, 0.15) is 26.7 Å². The highest BCUT2D eigenvalue weighted by molar-refractivity contribution is 5.22. The summed E-state index contributed by atoms with van der Waals surface area (Å²) in [4.78, 5) is 0. The predicted molar refractivity (Wildman–Crippen MR) is 92.6 cm³/mol. The van der Waals surface area contributed by atoms with E-state index >= 15 is 0 Å². The first kappa shape index (κ1) is 17.3. The molecule has 1 aromatic rings. The summed E-state index contributed by atoms with van der Waals surface area (Å²) < 4.78 is 23.5. The third-order valence-electron chi connectivity index (χ3n) is 6.26. The number of benzene rings is 1. The Labute approximate surface area is 149 Å². The van der Waals surface area contributed by atoms with Gasteiger partial charge in [0.05, 0.1) is 37.4 Å².